The number of hydrogen-bond donors (Lipinski definition) is 1. The second-order valence-electron chi connectivity index (χ2n) is 8.78. The zero-order valence-corrected chi connectivity index (χ0v) is 17.6. The van der Waals surface area contributed by atoms with Crippen molar-refractivity contribution < 1.29 is 19.1 Å². The summed E-state index contributed by atoms with van der Waals surface area (Å²) in [5.74, 6) is 2.25. The minimum Gasteiger partial charge on any atom is -0.486 e. The molecule has 29 heavy (non-hydrogen) atoms. The first-order valence-corrected chi connectivity index (χ1v) is 10.6. The molecular formula is C22H31N3O4. The van der Waals surface area contributed by atoms with E-state index in [2.05, 4.69) is 5.32 Å². The molecule has 0 bridgehead atoms. The van der Waals surface area contributed by atoms with Crippen LogP contribution in [0, 0.1) is 18.8 Å². The lowest BCUT2D eigenvalue weighted by atomic mass is 9.78. The maximum atomic E-state index is 13.1. The van der Waals surface area contributed by atoms with Crippen molar-refractivity contribution in [3.63, 3.8) is 0 Å². The Labute approximate surface area is 172 Å². The van der Waals surface area contributed by atoms with Gasteiger partial charge in [-0.25, -0.2) is 0 Å². The number of carbonyl (C=O) groups excluding carboxylic acids is 2. The Hall–Kier alpha value is -2.28. The van der Waals surface area contributed by atoms with E-state index in [-0.39, 0.29) is 17.9 Å². The summed E-state index contributed by atoms with van der Waals surface area (Å²) in [5, 5.41) is 3.27. The summed E-state index contributed by atoms with van der Waals surface area (Å²) < 4.78 is 11.3. The fraction of sp³-hybridized carbons (Fsp3) is 0.636. The largest absolute Gasteiger partial charge is 0.486 e. The van der Waals surface area contributed by atoms with E-state index in [1.807, 2.05) is 36.9 Å². The van der Waals surface area contributed by atoms with Gasteiger partial charge in [0.1, 0.15) is 13.2 Å². The van der Waals surface area contributed by atoms with Crippen LogP contribution >= 0.6 is 0 Å². The number of benzene rings is 1. The van der Waals surface area contributed by atoms with Crippen molar-refractivity contribution >= 4 is 11.8 Å². The van der Waals surface area contributed by atoms with Crippen LogP contribution in [0.3, 0.4) is 0 Å². The maximum Gasteiger partial charge on any atom is 0.251 e. The Morgan fingerprint density at radius 2 is 1.86 bits per heavy atom. The van der Waals surface area contributed by atoms with Crippen LogP contribution in [-0.2, 0) is 4.79 Å². The van der Waals surface area contributed by atoms with Gasteiger partial charge in [0.05, 0.1) is 6.54 Å². The van der Waals surface area contributed by atoms with Crippen molar-refractivity contribution in [2.24, 2.45) is 11.8 Å². The van der Waals surface area contributed by atoms with Crippen molar-refractivity contribution in [1.29, 1.82) is 0 Å². The highest BCUT2D eigenvalue weighted by Gasteiger charge is 2.42. The Morgan fingerprint density at radius 1 is 1.14 bits per heavy atom. The second kappa shape index (κ2) is 8.22. The molecule has 0 unspecified atom stereocenters. The monoisotopic (exact) mass is 401 g/mol. The Balaban J connectivity index is 1.45. The first-order chi connectivity index (χ1) is 13.9. The van der Waals surface area contributed by atoms with Gasteiger partial charge in [-0.1, -0.05) is 6.42 Å². The predicted molar refractivity (Wildman–Crippen MR) is 109 cm³/mol. The minimum atomic E-state index is -0.0665. The van der Waals surface area contributed by atoms with E-state index in [4.69, 9.17) is 9.47 Å². The maximum absolute atomic E-state index is 13.1. The van der Waals surface area contributed by atoms with E-state index in [0.717, 1.165) is 37.9 Å². The molecule has 1 aromatic rings. The summed E-state index contributed by atoms with van der Waals surface area (Å²) in [4.78, 5) is 29.5. The second-order valence-corrected chi connectivity index (χ2v) is 8.78. The molecule has 1 aromatic carbocycles. The molecule has 0 aromatic heterocycles. The Bertz CT molecular complexity index is 795. The summed E-state index contributed by atoms with van der Waals surface area (Å²) in [7, 11) is 3.83. The van der Waals surface area contributed by atoms with Crippen molar-refractivity contribution in [3.8, 4) is 11.5 Å². The van der Waals surface area contributed by atoms with Crippen LogP contribution in [0.15, 0.2) is 12.1 Å². The van der Waals surface area contributed by atoms with Gasteiger partial charge in [-0.05, 0) is 57.5 Å². The average Bonchev–Trinajstić information content (AvgIpc) is 3.12. The molecule has 158 valence electrons. The Kier molecular flexibility index (Phi) is 5.67. The van der Waals surface area contributed by atoms with Crippen LogP contribution in [0.25, 0.3) is 0 Å². The molecule has 7 nitrogen and oxygen atoms in total. The summed E-state index contributed by atoms with van der Waals surface area (Å²) in [6.45, 7) is 4.95. The van der Waals surface area contributed by atoms with Crippen molar-refractivity contribution in [2.45, 2.75) is 32.2 Å². The number of aryl methyl sites for hydroxylation is 1. The van der Waals surface area contributed by atoms with Crippen LogP contribution in [0.4, 0.5) is 0 Å². The summed E-state index contributed by atoms with van der Waals surface area (Å²) in [6.07, 6.45) is 3.18. The quantitative estimate of drug-likeness (QED) is 0.831. The van der Waals surface area contributed by atoms with Gasteiger partial charge in [0.15, 0.2) is 11.5 Å². The number of likely N-dealkylation sites (tertiary alicyclic amines) is 1. The topological polar surface area (TPSA) is 71.1 Å². The van der Waals surface area contributed by atoms with E-state index in [1.54, 1.807) is 6.07 Å². The molecule has 0 spiro atoms. The molecule has 2 amide bonds. The number of ether oxygens (including phenoxy) is 2. The third-order valence-electron chi connectivity index (χ3n) is 6.35. The predicted octanol–water partition coefficient (Wildman–Crippen LogP) is 1.68. The van der Waals surface area contributed by atoms with Gasteiger partial charge in [0.25, 0.3) is 5.91 Å². The molecule has 1 aliphatic carbocycles. The third-order valence-corrected chi connectivity index (χ3v) is 6.35. The molecular weight excluding hydrogens is 370 g/mol. The van der Waals surface area contributed by atoms with Gasteiger partial charge in [-0.2, -0.15) is 0 Å². The van der Waals surface area contributed by atoms with Crippen LogP contribution in [0.2, 0.25) is 0 Å². The highest BCUT2D eigenvalue weighted by Crippen LogP contribution is 2.37. The number of fused-ring (bicyclic) bond motifs is 2. The smallest absolute Gasteiger partial charge is 0.251 e. The van der Waals surface area contributed by atoms with Gasteiger partial charge in [-0.15, -0.1) is 0 Å². The molecule has 2 fully saturated rings. The lowest BCUT2D eigenvalue weighted by Crippen LogP contribution is -2.45. The van der Waals surface area contributed by atoms with E-state index < -0.39 is 0 Å². The van der Waals surface area contributed by atoms with E-state index in [9.17, 15) is 9.59 Å². The number of carbonyl (C=O) groups is 2. The number of rotatable bonds is 4. The van der Waals surface area contributed by atoms with Crippen LogP contribution in [0.5, 0.6) is 11.5 Å². The van der Waals surface area contributed by atoms with Gasteiger partial charge in [0, 0.05) is 30.6 Å². The standard InChI is InChI=1S/C22H31N3O4/c1-14-9-19-20(29-8-7-28-19)10-16(14)22(27)23-18-6-4-5-15-11-25(12-17(15)18)21(26)13-24(2)3/h9-10,15,17-18H,4-8,11-13H2,1-3H3,(H,23,27)/t15-,17+,18-/m0/s1. The van der Waals surface area contributed by atoms with Gasteiger partial charge in [0.2, 0.25) is 5.91 Å². The number of hydrogen-bond acceptors (Lipinski definition) is 5. The number of nitrogens with one attached hydrogen (secondary N) is 1. The molecule has 7 heteroatoms. The van der Waals surface area contributed by atoms with E-state index in [0.29, 0.717) is 48.7 Å². The van der Waals surface area contributed by atoms with E-state index >= 15 is 0 Å². The van der Waals surface area contributed by atoms with Gasteiger partial charge < -0.3 is 24.6 Å². The van der Waals surface area contributed by atoms with E-state index in [1.165, 1.54) is 0 Å². The molecule has 2 aliphatic heterocycles. The number of nitrogens with zero attached hydrogens (tertiary/aromatic N) is 2. The molecule has 3 aliphatic rings. The molecule has 1 N–H and O–H groups in total. The summed E-state index contributed by atoms with van der Waals surface area (Å²) in [6, 6.07) is 3.77. The van der Waals surface area contributed by atoms with Crippen LogP contribution in [-0.4, -0.2) is 74.6 Å². The van der Waals surface area contributed by atoms with Crippen LogP contribution in [0.1, 0.15) is 35.2 Å². The molecule has 0 radical (unpaired) electrons. The fourth-order valence-electron chi connectivity index (χ4n) is 4.91. The molecule has 3 atom stereocenters. The molecule has 4 rings (SSSR count). The highest BCUT2D eigenvalue weighted by atomic mass is 16.6. The minimum absolute atomic E-state index is 0.0665. The number of likely N-dealkylation sites (N-methyl/N-ethyl adjacent to an activating group) is 1. The van der Waals surface area contributed by atoms with Gasteiger partial charge >= 0.3 is 0 Å². The van der Waals surface area contributed by atoms with Gasteiger partial charge in [-0.3, -0.25) is 9.59 Å². The molecule has 2 heterocycles. The zero-order valence-electron chi connectivity index (χ0n) is 17.6. The lowest BCUT2D eigenvalue weighted by Gasteiger charge is -2.33. The molecule has 1 saturated carbocycles. The van der Waals surface area contributed by atoms with Crippen LogP contribution < -0.4 is 14.8 Å². The zero-order chi connectivity index (χ0) is 20.5. The first-order valence-electron chi connectivity index (χ1n) is 10.6. The SMILES string of the molecule is Cc1cc2c(cc1C(=O)N[C@H]1CCC[C@H]3CN(C(=O)CN(C)C)C[C@H]31)OCCO2. The van der Waals surface area contributed by atoms with Crippen molar-refractivity contribution in [1.82, 2.24) is 15.1 Å². The van der Waals surface area contributed by atoms with Crippen molar-refractivity contribution in [3.05, 3.63) is 23.3 Å². The Morgan fingerprint density at radius 3 is 2.59 bits per heavy atom. The number of amides is 2. The average molecular weight is 402 g/mol. The third kappa shape index (κ3) is 4.20. The summed E-state index contributed by atoms with van der Waals surface area (Å²) >= 11 is 0. The highest BCUT2D eigenvalue weighted by molar-refractivity contribution is 5.96. The van der Waals surface area contributed by atoms with Crippen molar-refractivity contribution in [2.75, 3.05) is 46.9 Å². The summed E-state index contributed by atoms with van der Waals surface area (Å²) in [5.41, 5.74) is 1.52. The fourth-order valence-corrected chi connectivity index (χ4v) is 4.91. The first kappa shape index (κ1) is 20.0. The molecule has 1 saturated heterocycles. The lowest BCUT2D eigenvalue weighted by molar-refractivity contribution is -0.131. The normalized spacial score (nSPS) is 25.7.